The van der Waals surface area contributed by atoms with Crippen molar-refractivity contribution in [1.82, 2.24) is 16.0 Å². The van der Waals surface area contributed by atoms with Gasteiger partial charge in [-0.05, 0) is 32.1 Å². The Morgan fingerprint density at radius 3 is 1.92 bits per heavy atom. The third-order valence-electron chi connectivity index (χ3n) is 3.84. The number of nitrogens with two attached hydrogens (primary N) is 1. The van der Waals surface area contributed by atoms with Crippen molar-refractivity contribution in [3.8, 4) is 0 Å². The molecule has 144 valence electrons. The van der Waals surface area contributed by atoms with Gasteiger partial charge in [0.1, 0.15) is 6.04 Å². The molecule has 0 aliphatic heterocycles. The van der Waals surface area contributed by atoms with Crippen LogP contribution in [-0.4, -0.2) is 42.8 Å². The summed E-state index contributed by atoms with van der Waals surface area (Å²) in [5.74, 6) is -1.02. The van der Waals surface area contributed by atoms with E-state index in [2.05, 4.69) is 16.0 Å². The lowest BCUT2D eigenvalue weighted by Crippen LogP contribution is -2.46. The van der Waals surface area contributed by atoms with Crippen molar-refractivity contribution in [2.45, 2.75) is 65.3 Å². The highest BCUT2D eigenvalue weighted by Gasteiger charge is 2.18. The number of carbonyl (C=O) groups is 4. The summed E-state index contributed by atoms with van der Waals surface area (Å²) in [6, 6.07) is -0.570. The van der Waals surface area contributed by atoms with Gasteiger partial charge in [-0.1, -0.05) is 13.3 Å². The van der Waals surface area contributed by atoms with Gasteiger partial charge in [0.05, 0.1) is 0 Å². The van der Waals surface area contributed by atoms with E-state index in [0.29, 0.717) is 25.9 Å². The van der Waals surface area contributed by atoms with Gasteiger partial charge in [0.15, 0.2) is 0 Å². The third-order valence-corrected chi connectivity index (χ3v) is 3.84. The first-order valence-corrected chi connectivity index (χ1v) is 8.82. The molecule has 0 saturated heterocycles. The predicted octanol–water partition coefficient (Wildman–Crippen LogP) is 0.205. The average Bonchev–Trinajstić information content (AvgIpc) is 2.51. The number of unbranched alkanes of at least 4 members (excludes halogenated alkanes) is 2. The van der Waals surface area contributed by atoms with Crippen LogP contribution in [0.25, 0.3) is 0 Å². The van der Waals surface area contributed by atoms with Gasteiger partial charge in [-0.25, -0.2) is 0 Å². The number of hydrogen-bond acceptors (Lipinski definition) is 4. The zero-order valence-electron chi connectivity index (χ0n) is 15.5. The lowest BCUT2D eigenvalue weighted by atomic mass is 10.0. The van der Waals surface area contributed by atoms with Gasteiger partial charge in [-0.3, -0.25) is 19.2 Å². The van der Waals surface area contributed by atoms with Crippen molar-refractivity contribution in [3.63, 3.8) is 0 Å². The van der Waals surface area contributed by atoms with Crippen LogP contribution in [0, 0.1) is 5.92 Å². The quantitative estimate of drug-likeness (QED) is 0.351. The maximum atomic E-state index is 12.2. The van der Waals surface area contributed by atoms with E-state index in [9.17, 15) is 19.2 Å². The Labute approximate surface area is 149 Å². The maximum absolute atomic E-state index is 12.2. The van der Waals surface area contributed by atoms with Gasteiger partial charge in [0, 0.05) is 32.9 Å². The molecule has 0 aliphatic rings. The summed E-state index contributed by atoms with van der Waals surface area (Å²) < 4.78 is 0. The number of hydrogen-bond donors (Lipinski definition) is 4. The highest BCUT2D eigenvalue weighted by molar-refractivity contribution is 5.86. The second kappa shape index (κ2) is 13.2. The molecule has 0 bridgehead atoms. The zero-order chi connectivity index (χ0) is 19.2. The van der Waals surface area contributed by atoms with Gasteiger partial charge < -0.3 is 21.7 Å². The first kappa shape index (κ1) is 22.9. The van der Waals surface area contributed by atoms with E-state index in [4.69, 9.17) is 5.73 Å². The highest BCUT2D eigenvalue weighted by atomic mass is 16.2. The molecule has 25 heavy (non-hydrogen) atoms. The summed E-state index contributed by atoms with van der Waals surface area (Å²) in [6.45, 7) is 5.67. The molecular formula is C17H32N4O4. The Morgan fingerprint density at radius 1 is 0.840 bits per heavy atom. The molecule has 0 fully saturated rings. The fraction of sp³-hybridized carbons (Fsp3) is 0.765. The highest BCUT2D eigenvalue weighted by Crippen LogP contribution is 2.06. The summed E-state index contributed by atoms with van der Waals surface area (Å²) in [6.07, 6.45) is 4.22. The molecule has 2 atom stereocenters. The lowest BCUT2D eigenvalue weighted by Gasteiger charge is -2.17. The molecule has 5 N–H and O–H groups in total. The molecule has 8 heteroatoms. The van der Waals surface area contributed by atoms with Crippen LogP contribution in [0.5, 0.6) is 0 Å². The molecule has 0 unspecified atom stereocenters. The molecule has 0 saturated carbocycles. The van der Waals surface area contributed by atoms with Crippen LogP contribution in [0.3, 0.4) is 0 Å². The summed E-state index contributed by atoms with van der Waals surface area (Å²) in [7, 11) is 0. The SMILES string of the molecule is CC(=O)NCCCC[C@H](NC(C)=O)C(=O)NCCCC[C@H](C)C(N)=O. The van der Waals surface area contributed by atoms with Crippen molar-refractivity contribution >= 4 is 23.6 Å². The van der Waals surface area contributed by atoms with Crippen molar-refractivity contribution in [1.29, 1.82) is 0 Å². The van der Waals surface area contributed by atoms with Crippen LogP contribution in [0.2, 0.25) is 0 Å². The fourth-order valence-corrected chi connectivity index (χ4v) is 2.30. The van der Waals surface area contributed by atoms with Gasteiger partial charge >= 0.3 is 0 Å². The maximum Gasteiger partial charge on any atom is 0.242 e. The summed E-state index contributed by atoms with van der Waals surface area (Å²) in [5, 5.41) is 8.16. The van der Waals surface area contributed by atoms with Gasteiger partial charge in [-0.15, -0.1) is 0 Å². The minimum Gasteiger partial charge on any atom is -0.369 e. The monoisotopic (exact) mass is 356 g/mol. The van der Waals surface area contributed by atoms with E-state index in [1.54, 1.807) is 6.92 Å². The number of carbonyl (C=O) groups excluding carboxylic acids is 4. The summed E-state index contributed by atoms with van der Waals surface area (Å²) in [5.41, 5.74) is 5.20. The first-order valence-electron chi connectivity index (χ1n) is 8.82. The molecule has 0 aliphatic carbocycles. The van der Waals surface area contributed by atoms with E-state index in [0.717, 1.165) is 25.7 Å². The molecule has 0 radical (unpaired) electrons. The van der Waals surface area contributed by atoms with Crippen LogP contribution in [0.4, 0.5) is 0 Å². The van der Waals surface area contributed by atoms with E-state index in [1.165, 1.54) is 13.8 Å². The second-order valence-corrected chi connectivity index (χ2v) is 6.32. The summed E-state index contributed by atoms with van der Waals surface area (Å²) >= 11 is 0. The smallest absolute Gasteiger partial charge is 0.242 e. The van der Waals surface area contributed by atoms with Gasteiger partial charge in [0.2, 0.25) is 23.6 Å². The molecular weight excluding hydrogens is 324 g/mol. The average molecular weight is 356 g/mol. The van der Waals surface area contributed by atoms with Crippen LogP contribution in [0.1, 0.15) is 59.3 Å². The molecule has 0 aromatic rings. The molecule has 0 aromatic carbocycles. The minimum atomic E-state index is -0.570. The molecule has 0 rings (SSSR count). The van der Waals surface area contributed by atoms with Crippen molar-refractivity contribution in [2.75, 3.05) is 13.1 Å². The Kier molecular flexibility index (Phi) is 12.1. The van der Waals surface area contributed by atoms with E-state index in [1.807, 2.05) is 0 Å². The molecule has 0 aromatic heterocycles. The standard InChI is InChI=1S/C17H32N4O4/c1-12(16(18)24)8-4-6-11-20-17(25)15(21-14(3)23)9-5-7-10-19-13(2)22/h12,15H,4-11H2,1-3H3,(H2,18,24)(H,19,22)(H,20,25)(H,21,23)/t12-,15-/m0/s1. The zero-order valence-corrected chi connectivity index (χ0v) is 15.5. The lowest BCUT2D eigenvalue weighted by molar-refractivity contribution is -0.128. The Balaban J connectivity index is 4.07. The Bertz CT molecular complexity index is 454. The second-order valence-electron chi connectivity index (χ2n) is 6.32. The molecule has 0 spiro atoms. The van der Waals surface area contributed by atoms with E-state index in [-0.39, 0.29) is 29.5 Å². The number of rotatable bonds is 13. The Morgan fingerprint density at radius 2 is 1.40 bits per heavy atom. The van der Waals surface area contributed by atoms with E-state index < -0.39 is 6.04 Å². The minimum absolute atomic E-state index is 0.0817. The number of primary amides is 1. The predicted molar refractivity (Wildman–Crippen MR) is 95.4 cm³/mol. The largest absolute Gasteiger partial charge is 0.369 e. The van der Waals surface area contributed by atoms with Crippen molar-refractivity contribution in [3.05, 3.63) is 0 Å². The Hall–Kier alpha value is -2.12. The molecule has 0 heterocycles. The van der Waals surface area contributed by atoms with Crippen LogP contribution in [0.15, 0.2) is 0 Å². The number of amides is 4. The topological polar surface area (TPSA) is 130 Å². The van der Waals surface area contributed by atoms with Crippen LogP contribution in [-0.2, 0) is 19.2 Å². The van der Waals surface area contributed by atoms with Gasteiger partial charge in [-0.2, -0.15) is 0 Å². The normalized spacial score (nSPS) is 12.8. The summed E-state index contributed by atoms with van der Waals surface area (Å²) in [4.78, 5) is 45.2. The third kappa shape index (κ3) is 12.9. The van der Waals surface area contributed by atoms with Crippen molar-refractivity contribution < 1.29 is 19.2 Å². The fourth-order valence-electron chi connectivity index (χ4n) is 2.30. The van der Waals surface area contributed by atoms with E-state index >= 15 is 0 Å². The van der Waals surface area contributed by atoms with Crippen molar-refractivity contribution in [2.24, 2.45) is 11.7 Å². The molecule has 4 amide bonds. The van der Waals surface area contributed by atoms with Gasteiger partial charge in [0.25, 0.3) is 0 Å². The number of nitrogens with one attached hydrogen (secondary N) is 3. The first-order chi connectivity index (χ1) is 11.7. The van der Waals surface area contributed by atoms with Crippen LogP contribution < -0.4 is 21.7 Å². The molecule has 8 nitrogen and oxygen atoms in total. The van der Waals surface area contributed by atoms with Crippen LogP contribution >= 0.6 is 0 Å².